The van der Waals surface area contributed by atoms with Crippen LogP contribution in [0, 0.1) is 0 Å². The molecule has 0 aliphatic rings. The molecule has 2 N–H and O–H groups in total. The largest absolute Gasteiger partial charge is 0.478 e. The molecular weight excluding hydrogens is 288 g/mol. The predicted molar refractivity (Wildman–Crippen MR) is 68.5 cm³/mol. The summed E-state index contributed by atoms with van der Waals surface area (Å²) in [6.45, 7) is 2.50. The van der Waals surface area contributed by atoms with Crippen molar-refractivity contribution in [2.45, 2.75) is 19.4 Å². The van der Waals surface area contributed by atoms with Gasteiger partial charge in [-0.3, -0.25) is 0 Å². The molecule has 1 aromatic rings. The van der Waals surface area contributed by atoms with Crippen LogP contribution < -0.4 is 5.32 Å². The summed E-state index contributed by atoms with van der Waals surface area (Å²) in [5.41, 5.74) is 0.147. The van der Waals surface area contributed by atoms with Gasteiger partial charge >= 0.3 is 5.97 Å². The minimum atomic E-state index is -1.01. The number of nitrogens with zero attached hydrogens (tertiary/aromatic N) is 1. The average molecular weight is 303 g/mol. The highest BCUT2D eigenvalue weighted by molar-refractivity contribution is 9.10. The number of carbonyl (C=O) groups is 1. The fraction of sp³-hybridized carbons (Fsp3) is 0.455. The normalized spacial score (nSPS) is 12.2. The molecule has 0 aliphatic carbocycles. The van der Waals surface area contributed by atoms with Crippen molar-refractivity contribution in [3.8, 4) is 0 Å². The molecule has 0 fully saturated rings. The van der Waals surface area contributed by atoms with E-state index >= 15 is 0 Å². The number of aromatic nitrogens is 1. The van der Waals surface area contributed by atoms with Gasteiger partial charge < -0.3 is 15.2 Å². The predicted octanol–water partition coefficient (Wildman–Crippen LogP) is 2.38. The van der Waals surface area contributed by atoms with Crippen LogP contribution in [0.15, 0.2) is 16.7 Å². The van der Waals surface area contributed by atoms with Crippen LogP contribution in [0.4, 0.5) is 5.82 Å². The Morgan fingerprint density at radius 3 is 2.94 bits per heavy atom. The fourth-order valence-electron chi connectivity index (χ4n) is 1.37. The number of carboxylic acids is 1. The Morgan fingerprint density at radius 2 is 2.41 bits per heavy atom. The third kappa shape index (κ3) is 3.98. The SMILES string of the molecule is CCC(COC)Nc1ncc(Br)cc1C(=O)O. The molecule has 17 heavy (non-hydrogen) atoms. The smallest absolute Gasteiger partial charge is 0.339 e. The number of rotatable bonds is 6. The summed E-state index contributed by atoms with van der Waals surface area (Å²) in [5.74, 6) is -0.641. The van der Waals surface area contributed by atoms with Crippen LogP contribution in [0.25, 0.3) is 0 Å². The zero-order chi connectivity index (χ0) is 12.8. The van der Waals surface area contributed by atoms with Crippen LogP contribution in [0.2, 0.25) is 0 Å². The molecule has 1 unspecified atom stereocenters. The Morgan fingerprint density at radius 1 is 1.71 bits per heavy atom. The molecule has 0 amide bonds. The summed E-state index contributed by atoms with van der Waals surface area (Å²) in [7, 11) is 1.61. The lowest BCUT2D eigenvalue weighted by Gasteiger charge is -2.17. The van der Waals surface area contributed by atoms with E-state index in [1.54, 1.807) is 13.3 Å². The second kappa shape index (κ2) is 6.56. The molecule has 5 nitrogen and oxygen atoms in total. The van der Waals surface area contributed by atoms with Gasteiger partial charge in [-0.25, -0.2) is 9.78 Å². The topological polar surface area (TPSA) is 71.5 Å². The Hall–Kier alpha value is -1.14. The van der Waals surface area contributed by atoms with Crippen molar-refractivity contribution < 1.29 is 14.6 Å². The third-order valence-electron chi connectivity index (χ3n) is 2.29. The monoisotopic (exact) mass is 302 g/mol. The minimum Gasteiger partial charge on any atom is -0.478 e. The van der Waals surface area contributed by atoms with Gasteiger partial charge in [-0.1, -0.05) is 6.92 Å². The lowest BCUT2D eigenvalue weighted by atomic mass is 10.2. The van der Waals surface area contributed by atoms with Crippen LogP contribution in [-0.4, -0.2) is 35.8 Å². The second-order valence-corrected chi connectivity index (χ2v) is 4.48. The molecule has 0 bridgehead atoms. The van der Waals surface area contributed by atoms with Crippen molar-refractivity contribution in [2.24, 2.45) is 0 Å². The number of halogens is 1. The van der Waals surface area contributed by atoms with Crippen molar-refractivity contribution in [3.05, 3.63) is 22.3 Å². The van der Waals surface area contributed by atoms with E-state index in [1.807, 2.05) is 6.92 Å². The molecule has 6 heteroatoms. The summed E-state index contributed by atoms with van der Waals surface area (Å²) in [6.07, 6.45) is 2.39. The summed E-state index contributed by atoms with van der Waals surface area (Å²) in [4.78, 5) is 15.1. The number of ether oxygens (including phenoxy) is 1. The molecule has 94 valence electrons. The van der Waals surface area contributed by atoms with E-state index in [0.29, 0.717) is 16.9 Å². The lowest BCUT2D eigenvalue weighted by molar-refractivity contribution is 0.0697. The Labute approximate surface area is 108 Å². The number of hydrogen-bond acceptors (Lipinski definition) is 4. The Kier molecular flexibility index (Phi) is 5.37. The van der Waals surface area contributed by atoms with Gasteiger partial charge in [0.25, 0.3) is 0 Å². The van der Waals surface area contributed by atoms with E-state index in [1.165, 1.54) is 6.07 Å². The molecule has 1 aromatic heterocycles. The summed E-state index contributed by atoms with van der Waals surface area (Å²) in [6, 6.07) is 1.57. The highest BCUT2D eigenvalue weighted by Gasteiger charge is 2.15. The average Bonchev–Trinajstić information content (AvgIpc) is 2.30. The van der Waals surface area contributed by atoms with E-state index in [9.17, 15) is 4.79 Å². The molecule has 0 aliphatic heterocycles. The van der Waals surface area contributed by atoms with Gasteiger partial charge in [-0.15, -0.1) is 0 Å². The standard InChI is InChI=1S/C11H15BrN2O3/c1-3-8(6-17-2)14-10-9(11(15)16)4-7(12)5-13-10/h4-5,8H,3,6H2,1-2H3,(H,13,14)(H,15,16). The number of aromatic carboxylic acids is 1. The molecule has 0 radical (unpaired) electrons. The Bertz CT molecular complexity index is 398. The van der Waals surface area contributed by atoms with Gasteiger partial charge in [0, 0.05) is 17.8 Å². The molecule has 1 heterocycles. The molecule has 0 saturated heterocycles. The maximum absolute atomic E-state index is 11.1. The number of methoxy groups -OCH3 is 1. The van der Waals surface area contributed by atoms with Gasteiger partial charge in [-0.05, 0) is 28.4 Å². The van der Waals surface area contributed by atoms with Crippen LogP contribution in [-0.2, 0) is 4.74 Å². The highest BCUT2D eigenvalue weighted by Crippen LogP contribution is 2.19. The van der Waals surface area contributed by atoms with Gasteiger partial charge in [0.15, 0.2) is 0 Å². The van der Waals surface area contributed by atoms with Gasteiger partial charge in [-0.2, -0.15) is 0 Å². The van der Waals surface area contributed by atoms with Gasteiger partial charge in [0.1, 0.15) is 11.4 Å². The molecular formula is C11H15BrN2O3. The molecule has 1 rings (SSSR count). The minimum absolute atomic E-state index is 0.0479. The van der Waals surface area contributed by atoms with Crippen LogP contribution in [0.5, 0.6) is 0 Å². The van der Waals surface area contributed by atoms with Crippen molar-refractivity contribution in [3.63, 3.8) is 0 Å². The van der Waals surface area contributed by atoms with E-state index in [0.717, 1.165) is 6.42 Å². The van der Waals surface area contributed by atoms with Crippen LogP contribution >= 0.6 is 15.9 Å². The number of nitrogens with one attached hydrogen (secondary N) is 1. The zero-order valence-electron chi connectivity index (χ0n) is 9.74. The first-order valence-corrected chi connectivity index (χ1v) is 6.02. The highest BCUT2D eigenvalue weighted by atomic mass is 79.9. The van der Waals surface area contributed by atoms with E-state index < -0.39 is 5.97 Å². The van der Waals surface area contributed by atoms with E-state index in [-0.39, 0.29) is 11.6 Å². The van der Waals surface area contributed by atoms with E-state index in [4.69, 9.17) is 9.84 Å². The summed E-state index contributed by atoms with van der Waals surface area (Å²) in [5, 5.41) is 12.1. The van der Waals surface area contributed by atoms with Crippen molar-refractivity contribution in [2.75, 3.05) is 19.0 Å². The zero-order valence-corrected chi connectivity index (χ0v) is 11.3. The maximum atomic E-state index is 11.1. The number of hydrogen-bond donors (Lipinski definition) is 2. The first-order valence-electron chi connectivity index (χ1n) is 5.22. The molecule has 0 aromatic carbocycles. The molecule has 0 saturated carbocycles. The number of pyridine rings is 1. The number of carboxylic acid groups (broad SMARTS) is 1. The summed E-state index contributed by atoms with van der Waals surface area (Å²) < 4.78 is 5.68. The molecule has 0 spiro atoms. The Balaban J connectivity index is 2.92. The van der Waals surface area contributed by atoms with Crippen LogP contribution in [0.1, 0.15) is 23.7 Å². The first kappa shape index (κ1) is 13.9. The van der Waals surface area contributed by atoms with E-state index in [2.05, 4.69) is 26.2 Å². The van der Waals surface area contributed by atoms with Crippen LogP contribution in [0.3, 0.4) is 0 Å². The molecule has 1 atom stereocenters. The van der Waals surface area contributed by atoms with Gasteiger partial charge in [0.05, 0.1) is 12.6 Å². The second-order valence-electron chi connectivity index (χ2n) is 3.56. The fourth-order valence-corrected chi connectivity index (χ4v) is 1.70. The van der Waals surface area contributed by atoms with Crippen molar-refractivity contribution >= 4 is 27.7 Å². The third-order valence-corrected chi connectivity index (χ3v) is 2.72. The quantitative estimate of drug-likeness (QED) is 0.844. The van der Waals surface area contributed by atoms with Gasteiger partial charge in [0.2, 0.25) is 0 Å². The van der Waals surface area contributed by atoms with Crippen molar-refractivity contribution in [1.82, 2.24) is 4.98 Å². The maximum Gasteiger partial charge on any atom is 0.339 e. The summed E-state index contributed by atoms with van der Waals surface area (Å²) >= 11 is 3.20. The first-order chi connectivity index (χ1) is 8.08. The number of anilines is 1. The lowest BCUT2D eigenvalue weighted by Crippen LogP contribution is -2.25. The van der Waals surface area contributed by atoms with Crippen molar-refractivity contribution in [1.29, 1.82) is 0 Å².